The highest BCUT2D eigenvalue weighted by atomic mass is 16.5. The largest absolute Gasteiger partial charge is 0.381 e. The van der Waals surface area contributed by atoms with Gasteiger partial charge in [-0.15, -0.1) is 0 Å². The lowest BCUT2D eigenvalue weighted by Crippen LogP contribution is -2.46. The maximum absolute atomic E-state index is 13.0. The molecular weight excluding hydrogens is 364 g/mol. The molecule has 2 aliphatic heterocycles. The summed E-state index contributed by atoms with van der Waals surface area (Å²) in [4.78, 5) is 27.7. The predicted octanol–water partition coefficient (Wildman–Crippen LogP) is 4.02. The number of aryl methyl sites for hydroxylation is 1. The van der Waals surface area contributed by atoms with Gasteiger partial charge in [-0.2, -0.15) is 0 Å². The average Bonchev–Trinajstić information content (AvgIpc) is 3.24. The van der Waals surface area contributed by atoms with Crippen molar-refractivity contribution < 1.29 is 14.3 Å². The van der Waals surface area contributed by atoms with Crippen molar-refractivity contribution in [2.75, 3.05) is 25.1 Å². The highest BCUT2D eigenvalue weighted by molar-refractivity contribution is 5.98. The maximum Gasteiger partial charge on any atom is 0.247 e. The molecule has 1 atom stereocenters. The maximum atomic E-state index is 13.0. The second kappa shape index (κ2) is 8.78. The zero-order valence-electron chi connectivity index (χ0n) is 16.9. The highest BCUT2D eigenvalue weighted by Crippen LogP contribution is 2.27. The molecule has 2 heterocycles. The van der Waals surface area contributed by atoms with Crippen LogP contribution in [0.25, 0.3) is 11.1 Å². The summed E-state index contributed by atoms with van der Waals surface area (Å²) in [5.74, 6) is 0.00515. The minimum Gasteiger partial charge on any atom is -0.381 e. The van der Waals surface area contributed by atoms with Crippen LogP contribution in [0.15, 0.2) is 48.5 Å². The van der Waals surface area contributed by atoms with Crippen LogP contribution in [-0.4, -0.2) is 42.5 Å². The standard InChI is InChI=1S/C24H28N2O3/c1-17-5-2-6-19(15-17)20-7-3-8-21(16-20)25-23(27)22-9-4-12-26(22)24(28)18-10-13-29-14-11-18/h2-3,5-8,15-16,18,22H,4,9-14H2,1H3,(H,25,27). The topological polar surface area (TPSA) is 58.6 Å². The van der Waals surface area contributed by atoms with Crippen LogP contribution in [0.2, 0.25) is 0 Å². The highest BCUT2D eigenvalue weighted by Gasteiger charge is 2.37. The molecule has 0 aromatic heterocycles. The Morgan fingerprint density at radius 2 is 1.72 bits per heavy atom. The van der Waals surface area contributed by atoms with Gasteiger partial charge in [0.1, 0.15) is 6.04 Å². The van der Waals surface area contributed by atoms with Gasteiger partial charge in [0.25, 0.3) is 0 Å². The van der Waals surface area contributed by atoms with Crippen LogP contribution in [0.1, 0.15) is 31.2 Å². The van der Waals surface area contributed by atoms with E-state index in [1.54, 1.807) is 4.90 Å². The molecule has 0 radical (unpaired) electrons. The normalized spacial score (nSPS) is 19.9. The first-order valence-electron chi connectivity index (χ1n) is 10.5. The van der Waals surface area contributed by atoms with Gasteiger partial charge in [0.2, 0.25) is 11.8 Å². The zero-order chi connectivity index (χ0) is 20.2. The summed E-state index contributed by atoms with van der Waals surface area (Å²) in [7, 11) is 0. The summed E-state index contributed by atoms with van der Waals surface area (Å²) in [6.07, 6.45) is 3.10. The lowest BCUT2D eigenvalue weighted by molar-refractivity contribution is -0.142. The summed E-state index contributed by atoms with van der Waals surface area (Å²) >= 11 is 0. The Bertz CT molecular complexity index is 889. The van der Waals surface area contributed by atoms with E-state index >= 15 is 0 Å². The van der Waals surface area contributed by atoms with Crippen molar-refractivity contribution in [3.8, 4) is 11.1 Å². The summed E-state index contributed by atoms with van der Waals surface area (Å²) in [6.45, 7) is 4.00. The van der Waals surface area contributed by atoms with Gasteiger partial charge in [-0.3, -0.25) is 9.59 Å². The van der Waals surface area contributed by atoms with Crippen molar-refractivity contribution in [2.45, 2.75) is 38.6 Å². The quantitative estimate of drug-likeness (QED) is 0.855. The van der Waals surface area contributed by atoms with E-state index in [4.69, 9.17) is 4.74 Å². The lowest BCUT2D eigenvalue weighted by Gasteiger charge is -2.30. The number of nitrogens with zero attached hydrogens (tertiary/aromatic N) is 1. The first-order chi connectivity index (χ1) is 14.1. The molecule has 2 aromatic rings. The van der Waals surface area contributed by atoms with E-state index in [1.165, 1.54) is 5.56 Å². The zero-order valence-corrected chi connectivity index (χ0v) is 16.9. The molecule has 2 amide bonds. The Morgan fingerprint density at radius 1 is 1.00 bits per heavy atom. The molecule has 2 saturated heterocycles. The van der Waals surface area contributed by atoms with Gasteiger partial charge >= 0.3 is 0 Å². The Morgan fingerprint density at radius 3 is 2.48 bits per heavy atom. The van der Waals surface area contributed by atoms with Crippen molar-refractivity contribution in [3.63, 3.8) is 0 Å². The van der Waals surface area contributed by atoms with Gasteiger partial charge in [-0.25, -0.2) is 0 Å². The number of ether oxygens (including phenoxy) is 1. The molecule has 0 aliphatic carbocycles. The van der Waals surface area contributed by atoms with Crippen LogP contribution in [-0.2, 0) is 14.3 Å². The third-order valence-electron chi connectivity index (χ3n) is 5.89. The summed E-state index contributed by atoms with van der Waals surface area (Å²) in [5.41, 5.74) is 4.15. The first kappa shape index (κ1) is 19.6. The SMILES string of the molecule is Cc1cccc(-c2cccc(NC(=O)C3CCCN3C(=O)C3CCOCC3)c2)c1. The number of rotatable bonds is 4. The Balaban J connectivity index is 1.46. The Labute approximate surface area is 172 Å². The Kier molecular flexibility index (Phi) is 5.95. The second-order valence-electron chi connectivity index (χ2n) is 8.02. The molecule has 1 N–H and O–H groups in total. The van der Waals surface area contributed by atoms with Gasteiger partial charge in [0.15, 0.2) is 0 Å². The third kappa shape index (κ3) is 4.51. The number of amides is 2. The fraction of sp³-hybridized carbons (Fsp3) is 0.417. The molecule has 1 unspecified atom stereocenters. The molecule has 5 nitrogen and oxygen atoms in total. The van der Waals surface area contributed by atoms with E-state index in [0.717, 1.165) is 42.5 Å². The van der Waals surface area contributed by atoms with Crippen molar-refractivity contribution in [1.29, 1.82) is 0 Å². The van der Waals surface area contributed by atoms with Gasteiger partial charge in [-0.1, -0.05) is 42.0 Å². The molecule has 2 aromatic carbocycles. The molecule has 2 fully saturated rings. The number of hydrogen-bond acceptors (Lipinski definition) is 3. The molecule has 0 bridgehead atoms. The molecular formula is C24H28N2O3. The van der Waals surface area contributed by atoms with Crippen LogP contribution in [0.4, 0.5) is 5.69 Å². The van der Waals surface area contributed by atoms with E-state index in [0.29, 0.717) is 19.8 Å². The van der Waals surface area contributed by atoms with Gasteiger partial charge in [0.05, 0.1) is 0 Å². The second-order valence-corrected chi connectivity index (χ2v) is 8.02. The fourth-order valence-electron chi connectivity index (χ4n) is 4.31. The molecule has 29 heavy (non-hydrogen) atoms. The van der Waals surface area contributed by atoms with Crippen LogP contribution in [0.3, 0.4) is 0 Å². The van der Waals surface area contributed by atoms with Gasteiger partial charge < -0.3 is 15.0 Å². The molecule has 0 saturated carbocycles. The molecule has 152 valence electrons. The number of benzene rings is 2. The summed E-state index contributed by atoms with van der Waals surface area (Å²) in [6, 6.07) is 15.8. The van der Waals surface area contributed by atoms with Crippen LogP contribution in [0, 0.1) is 12.8 Å². The van der Waals surface area contributed by atoms with Crippen molar-refractivity contribution in [3.05, 3.63) is 54.1 Å². The molecule has 4 rings (SSSR count). The van der Waals surface area contributed by atoms with Gasteiger partial charge in [-0.05, 0) is 55.9 Å². The number of carbonyl (C=O) groups is 2. The van der Waals surface area contributed by atoms with E-state index in [2.05, 4.69) is 30.4 Å². The minimum atomic E-state index is -0.382. The molecule has 2 aliphatic rings. The first-order valence-corrected chi connectivity index (χ1v) is 10.5. The third-order valence-corrected chi connectivity index (χ3v) is 5.89. The number of nitrogens with one attached hydrogen (secondary N) is 1. The molecule has 5 heteroatoms. The monoisotopic (exact) mass is 392 g/mol. The van der Waals surface area contributed by atoms with Crippen molar-refractivity contribution >= 4 is 17.5 Å². The van der Waals surface area contributed by atoms with Crippen molar-refractivity contribution in [2.24, 2.45) is 5.92 Å². The number of hydrogen-bond donors (Lipinski definition) is 1. The Hall–Kier alpha value is -2.66. The van der Waals surface area contributed by atoms with Crippen molar-refractivity contribution in [1.82, 2.24) is 4.90 Å². The average molecular weight is 392 g/mol. The summed E-state index contributed by atoms with van der Waals surface area (Å²) in [5, 5.41) is 3.04. The minimum absolute atomic E-state index is 0.0122. The van der Waals surface area contributed by atoms with E-state index in [1.807, 2.05) is 30.3 Å². The van der Waals surface area contributed by atoms with Crippen LogP contribution < -0.4 is 5.32 Å². The van der Waals surface area contributed by atoms with Crippen LogP contribution in [0.5, 0.6) is 0 Å². The van der Waals surface area contributed by atoms with E-state index < -0.39 is 0 Å². The molecule has 0 spiro atoms. The number of likely N-dealkylation sites (tertiary alicyclic amines) is 1. The number of anilines is 1. The number of carbonyl (C=O) groups excluding carboxylic acids is 2. The summed E-state index contributed by atoms with van der Waals surface area (Å²) < 4.78 is 5.37. The smallest absolute Gasteiger partial charge is 0.247 e. The van der Waals surface area contributed by atoms with Gasteiger partial charge in [0, 0.05) is 31.4 Å². The lowest BCUT2D eigenvalue weighted by atomic mass is 9.98. The predicted molar refractivity (Wildman–Crippen MR) is 114 cm³/mol. The van der Waals surface area contributed by atoms with E-state index in [-0.39, 0.29) is 23.8 Å². The van der Waals surface area contributed by atoms with Crippen LogP contribution >= 0.6 is 0 Å². The van der Waals surface area contributed by atoms with E-state index in [9.17, 15) is 9.59 Å². The fourth-order valence-corrected chi connectivity index (χ4v) is 4.31.